The van der Waals surface area contributed by atoms with Crippen molar-refractivity contribution in [3.63, 3.8) is 0 Å². The number of nitrogens with one attached hydrogen (secondary N) is 1. The van der Waals surface area contributed by atoms with Crippen LogP contribution in [0.5, 0.6) is 11.5 Å². The summed E-state index contributed by atoms with van der Waals surface area (Å²) in [7, 11) is -1.11. The van der Waals surface area contributed by atoms with Crippen molar-refractivity contribution in [3.8, 4) is 11.5 Å². The van der Waals surface area contributed by atoms with Crippen molar-refractivity contribution in [3.05, 3.63) is 87.9 Å². The molecule has 3 aromatic rings. The lowest BCUT2D eigenvalue weighted by molar-refractivity contribution is -0.140. The molecule has 0 spiro atoms. The summed E-state index contributed by atoms with van der Waals surface area (Å²) >= 11 is 12.4. The lowest BCUT2D eigenvalue weighted by atomic mass is 10.0. The van der Waals surface area contributed by atoms with Crippen LogP contribution in [0.25, 0.3) is 0 Å². The van der Waals surface area contributed by atoms with Gasteiger partial charge in [0.05, 0.1) is 36.2 Å². The molecule has 12 heteroatoms. The molecule has 3 rings (SSSR count). The highest BCUT2D eigenvalue weighted by molar-refractivity contribution is 7.92. The molecule has 0 fully saturated rings. The Morgan fingerprint density at radius 3 is 2.21 bits per heavy atom. The van der Waals surface area contributed by atoms with E-state index in [4.69, 9.17) is 32.7 Å². The number of nitrogens with zero attached hydrogens (tertiary/aromatic N) is 2. The highest BCUT2D eigenvalue weighted by Crippen LogP contribution is 2.34. The Morgan fingerprint density at radius 2 is 1.63 bits per heavy atom. The maximum absolute atomic E-state index is 14.3. The molecule has 1 N–H and O–H groups in total. The molecule has 2 unspecified atom stereocenters. The number of methoxy groups -OCH3 is 2. The maximum atomic E-state index is 14.3. The number of rotatable bonds is 14. The number of carbonyl (C=O) groups excluding carboxylic acids is 2. The quantitative estimate of drug-likeness (QED) is 0.253. The molecule has 0 heterocycles. The van der Waals surface area contributed by atoms with E-state index in [-0.39, 0.29) is 41.4 Å². The van der Waals surface area contributed by atoms with Crippen molar-refractivity contribution >= 4 is 50.7 Å². The van der Waals surface area contributed by atoms with Gasteiger partial charge in [0, 0.05) is 25.1 Å². The van der Waals surface area contributed by atoms with Crippen LogP contribution in [-0.4, -0.2) is 64.2 Å². The van der Waals surface area contributed by atoms with Gasteiger partial charge in [0.1, 0.15) is 24.1 Å². The first-order chi connectivity index (χ1) is 20.4. The van der Waals surface area contributed by atoms with Crippen LogP contribution in [-0.2, 0) is 32.6 Å². The van der Waals surface area contributed by atoms with Crippen molar-refractivity contribution in [2.75, 3.05) is 31.3 Å². The molecule has 232 valence electrons. The fourth-order valence-corrected chi connectivity index (χ4v) is 5.59. The molecule has 2 atom stereocenters. The molecule has 0 aliphatic heterocycles. The van der Waals surface area contributed by atoms with Gasteiger partial charge in [-0.2, -0.15) is 0 Å². The molecule has 0 aliphatic carbocycles. The average molecular weight is 651 g/mol. The number of sulfonamides is 1. The maximum Gasteiger partial charge on any atom is 0.244 e. The van der Waals surface area contributed by atoms with E-state index >= 15 is 0 Å². The Morgan fingerprint density at radius 1 is 0.930 bits per heavy atom. The van der Waals surface area contributed by atoms with Gasteiger partial charge in [-0.25, -0.2) is 8.42 Å². The third-order valence-corrected chi connectivity index (χ3v) is 8.81. The summed E-state index contributed by atoms with van der Waals surface area (Å²) in [4.78, 5) is 29.4. The first kappa shape index (κ1) is 34.0. The van der Waals surface area contributed by atoms with E-state index in [1.165, 1.54) is 31.3 Å². The van der Waals surface area contributed by atoms with Crippen LogP contribution in [0.4, 0.5) is 5.69 Å². The molecule has 0 saturated heterocycles. The summed E-state index contributed by atoms with van der Waals surface area (Å²) in [6.45, 7) is 3.20. The normalized spacial score (nSPS) is 12.6. The zero-order chi connectivity index (χ0) is 31.7. The third-order valence-electron chi connectivity index (χ3n) is 6.94. The zero-order valence-electron chi connectivity index (χ0n) is 24.8. The van der Waals surface area contributed by atoms with Gasteiger partial charge in [0.15, 0.2) is 0 Å². The van der Waals surface area contributed by atoms with E-state index in [1.54, 1.807) is 24.3 Å². The van der Waals surface area contributed by atoms with E-state index in [0.717, 1.165) is 16.1 Å². The smallest absolute Gasteiger partial charge is 0.244 e. The van der Waals surface area contributed by atoms with Crippen LogP contribution >= 0.6 is 23.2 Å². The molecule has 3 aromatic carbocycles. The standard InChI is InChI=1S/C31H37Cl2N3O6S/c1-6-21(2)34-31(38)28(17-22-10-8-7-9-11-22)35(19-23-12-14-25(32)26(33)16-23)30(37)20-36(43(5,39)40)27-15-13-24(41-3)18-29(27)42-4/h7-16,18,21,28H,6,17,19-20H2,1-5H3,(H,34,38). The molecular formula is C31H37Cl2N3O6S. The number of hydrogen-bond donors (Lipinski definition) is 1. The van der Waals surface area contributed by atoms with Gasteiger partial charge in [0.25, 0.3) is 0 Å². The summed E-state index contributed by atoms with van der Waals surface area (Å²) < 4.78 is 37.8. The van der Waals surface area contributed by atoms with Gasteiger partial charge in [-0.05, 0) is 48.7 Å². The molecule has 0 saturated carbocycles. The van der Waals surface area contributed by atoms with Gasteiger partial charge in [-0.15, -0.1) is 0 Å². The molecule has 0 radical (unpaired) electrons. The van der Waals surface area contributed by atoms with E-state index in [0.29, 0.717) is 22.8 Å². The molecule has 9 nitrogen and oxygen atoms in total. The highest BCUT2D eigenvalue weighted by atomic mass is 35.5. The molecular weight excluding hydrogens is 613 g/mol. The summed E-state index contributed by atoms with van der Waals surface area (Å²) in [5.41, 5.74) is 1.60. The third kappa shape index (κ3) is 9.26. The number of amides is 2. The summed E-state index contributed by atoms with van der Waals surface area (Å²) in [5, 5.41) is 3.62. The second-order valence-electron chi connectivity index (χ2n) is 10.1. The Labute approximate surface area is 263 Å². The minimum Gasteiger partial charge on any atom is -0.497 e. The number of benzene rings is 3. The van der Waals surface area contributed by atoms with Crippen LogP contribution < -0.4 is 19.1 Å². The molecule has 0 bridgehead atoms. The number of anilines is 1. The lowest BCUT2D eigenvalue weighted by Gasteiger charge is -2.34. The van der Waals surface area contributed by atoms with Gasteiger partial charge in [-0.3, -0.25) is 13.9 Å². The number of carbonyl (C=O) groups is 2. The number of halogens is 2. The SMILES string of the molecule is CCC(C)NC(=O)C(Cc1ccccc1)N(Cc1ccc(Cl)c(Cl)c1)C(=O)CN(c1ccc(OC)cc1OC)S(C)(=O)=O. The fourth-order valence-electron chi connectivity index (χ4n) is 4.42. The topological polar surface area (TPSA) is 105 Å². The van der Waals surface area contributed by atoms with E-state index < -0.39 is 28.5 Å². The van der Waals surface area contributed by atoms with E-state index in [1.807, 2.05) is 44.2 Å². The average Bonchev–Trinajstić information content (AvgIpc) is 2.98. The number of hydrogen-bond acceptors (Lipinski definition) is 6. The first-order valence-corrected chi connectivity index (χ1v) is 16.3. The highest BCUT2D eigenvalue weighted by Gasteiger charge is 2.34. The van der Waals surface area contributed by atoms with Crippen molar-refractivity contribution in [1.29, 1.82) is 0 Å². The molecule has 43 heavy (non-hydrogen) atoms. The minimum atomic E-state index is -3.99. The zero-order valence-corrected chi connectivity index (χ0v) is 27.2. The van der Waals surface area contributed by atoms with Crippen LogP contribution in [0.1, 0.15) is 31.4 Å². The monoisotopic (exact) mass is 649 g/mol. The Balaban J connectivity index is 2.12. The fraction of sp³-hybridized carbons (Fsp3) is 0.355. The molecule has 2 amide bonds. The molecule has 0 aromatic heterocycles. The number of ether oxygens (including phenoxy) is 2. The minimum absolute atomic E-state index is 0.0293. The van der Waals surface area contributed by atoms with Crippen molar-refractivity contribution < 1.29 is 27.5 Å². The van der Waals surface area contributed by atoms with Gasteiger partial charge in [-0.1, -0.05) is 66.5 Å². The second kappa shape index (κ2) is 15.3. The van der Waals surface area contributed by atoms with Gasteiger partial charge < -0.3 is 19.7 Å². The van der Waals surface area contributed by atoms with Crippen LogP contribution in [0.3, 0.4) is 0 Å². The van der Waals surface area contributed by atoms with E-state index in [9.17, 15) is 18.0 Å². The van der Waals surface area contributed by atoms with Crippen LogP contribution in [0, 0.1) is 0 Å². The Kier molecular flexibility index (Phi) is 12.1. The summed E-state index contributed by atoms with van der Waals surface area (Å²) in [5.74, 6) is -0.315. The largest absolute Gasteiger partial charge is 0.497 e. The Hall–Kier alpha value is -3.47. The summed E-state index contributed by atoms with van der Waals surface area (Å²) in [6.07, 6.45) is 1.88. The van der Waals surface area contributed by atoms with Gasteiger partial charge >= 0.3 is 0 Å². The van der Waals surface area contributed by atoms with Gasteiger partial charge in [0.2, 0.25) is 21.8 Å². The van der Waals surface area contributed by atoms with Crippen molar-refractivity contribution in [2.45, 2.75) is 45.3 Å². The van der Waals surface area contributed by atoms with Crippen molar-refractivity contribution in [1.82, 2.24) is 10.2 Å². The second-order valence-corrected chi connectivity index (χ2v) is 12.8. The lowest BCUT2D eigenvalue weighted by Crippen LogP contribution is -2.54. The van der Waals surface area contributed by atoms with E-state index in [2.05, 4.69) is 5.32 Å². The Bertz CT molecular complexity index is 1520. The predicted octanol–water partition coefficient (Wildman–Crippen LogP) is 5.33. The van der Waals surface area contributed by atoms with Crippen LogP contribution in [0.15, 0.2) is 66.7 Å². The molecule has 0 aliphatic rings. The van der Waals surface area contributed by atoms with Crippen molar-refractivity contribution in [2.24, 2.45) is 0 Å². The van der Waals surface area contributed by atoms with Crippen LogP contribution in [0.2, 0.25) is 10.0 Å². The predicted molar refractivity (Wildman–Crippen MR) is 171 cm³/mol. The summed E-state index contributed by atoms with van der Waals surface area (Å²) in [6, 6.07) is 17.7. The first-order valence-electron chi connectivity index (χ1n) is 13.6.